The van der Waals surface area contributed by atoms with Crippen LogP contribution < -0.4 is 31.3 Å². The Morgan fingerprint density at radius 3 is 2.33 bits per heavy atom. The van der Waals surface area contributed by atoms with Gasteiger partial charge in [-0.15, -0.1) is 0 Å². The van der Waals surface area contributed by atoms with Crippen molar-refractivity contribution < 1.29 is 51.8 Å². The predicted molar refractivity (Wildman–Crippen MR) is 255 cm³/mol. The van der Waals surface area contributed by atoms with Crippen molar-refractivity contribution in [1.82, 2.24) is 20.9 Å². The van der Waals surface area contributed by atoms with Crippen molar-refractivity contribution in [2.75, 3.05) is 57.3 Å². The van der Waals surface area contributed by atoms with E-state index in [4.69, 9.17) is 37.4 Å². The molecular weight excluding hydrogens is 951 g/mol. The van der Waals surface area contributed by atoms with Gasteiger partial charge in [-0.25, -0.2) is 8.78 Å². The van der Waals surface area contributed by atoms with Crippen LogP contribution in [0.15, 0.2) is 72.8 Å². The fourth-order valence-corrected chi connectivity index (χ4v) is 9.62. The minimum absolute atomic E-state index is 0.0196. The van der Waals surface area contributed by atoms with Gasteiger partial charge < -0.3 is 35.5 Å². The van der Waals surface area contributed by atoms with Crippen LogP contribution in [0.1, 0.15) is 88.2 Å². The largest absolute Gasteiger partial charge is 0.495 e. The number of nitriles is 1. The second-order valence-corrected chi connectivity index (χ2v) is 19.0. The molecule has 20 heteroatoms. The summed E-state index contributed by atoms with van der Waals surface area (Å²) in [5.74, 6) is -6.33. The summed E-state index contributed by atoms with van der Waals surface area (Å²) in [6.07, 6.45) is 0.351. The summed E-state index contributed by atoms with van der Waals surface area (Å²) in [6, 6.07) is 16.4. The summed E-state index contributed by atoms with van der Waals surface area (Å²) in [7, 11) is 1.36. The molecule has 3 aliphatic rings. The number of halogens is 4. The first kappa shape index (κ1) is 51.4. The van der Waals surface area contributed by atoms with E-state index in [9.17, 15) is 34.0 Å². The summed E-state index contributed by atoms with van der Waals surface area (Å²) < 4.78 is 49.0. The minimum atomic E-state index is -1.83. The lowest BCUT2D eigenvalue weighted by Crippen LogP contribution is -2.54. The van der Waals surface area contributed by atoms with Gasteiger partial charge >= 0.3 is 0 Å². The van der Waals surface area contributed by atoms with Crippen LogP contribution in [0, 0.1) is 28.4 Å². The molecule has 0 saturated carbocycles. The SMILES string of the molecule is COc1cc(C(=O)NCCOCCOCCNc2cccc3c2C(=O)N(C2CCC(=O)NC2=O)C3=O)ccc1NC(=O)C1N[C@@H](CC(C)(C)C)C(C#N)(c2ccc(Cl)cc2F)C1c1cccc(Cl)c1F. The number of benzene rings is 4. The Morgan fingerprint density at radius 2 is 1.64 bits per heavy atom. The lowest BCUT2D eigenvalue weighted by molar-refractivity contribution is -0.136. The number of nitrogens with zero attached hydrogens (tertiary/aromatic N) is 2. The first-order valence-electron chi connectivity index (χ1n) is 22.5. The molecule has 7 rings (SSSR count). The molecule has 5 atom stereocenters. The van der Waals surface area contributed by atoms with Crippen LogP contribution in [-0.2, 0) is 29.3 Å². The topological polar surface area (TPSA) is 217 Å². The number of rotatable bonds is 18. The monoisotopic (exact) mass is 1000 g/mol. The zero-order valence-corrected chi connectivity index (χ0v) is 40.2. The van der Waals surface area contributed by atoms with Crippen LogP contribution >= 0.6 is 23.2 Å². The van der Waals surface area contributed by atoms with E-state index in [1.54, 1.807) is 12.1 Å². The molecule has 3 aliphatic heterocycles. The van der Waals surface area contributed by atoms with Crippen molar-refractivity contribution in [3.05, 3.63) is 122 Å². The molecule has 6 amide bonds. The molecule has 0 aromatic heterocycles. The van der Waals surface area contributed by atoms with E-state index >= 15 is 8.78 Å². The molecule has 70 heavy (non-hydrogen) atoms. The highest BCUT2D eigenvalue weighted by atomic mass is 35.5. The van der Waals surface area contributed by atoms with E-state index in [2.05, 4.69) is 32.7 Å². The highest BCUT2D eigenvalue weighted by Crippen LogP contribution is 2.53. The second kappa shape index (κ2) is 21.7. The number of carbonyl (C=O) groups is 6. The molecule has 4 aromatic carbocycles. The second-order valence-electron chi connectivity index (χ2n) is 18.2. The van der Waals surface area contributed by atoms with Gasteiger partial charge in [0, 0.05) is 53.3 Å². The number of piperidine rings is 1. The molecule has 0 spiro atoms. The molecule has 3 heterocycles. The van der Waals surface area contributed by atoms with Gasteiger partial charge in [-0.05, 0) is 72.4 Å². The molecule has 0 bridgehead atoms. The van der Waals surface area contributed by atoms with Crippen molar-refractivity contribution in [2.45, 2.75) is 69.5 Å². The lowest BCUT2D eigenvalue weighted by Gasteiger charge is -2.37. The fourth-order valence-electron chi connectivity index (χ4n) is 9.28. The van der Waals surface area contributed by atoms with Gasteiger partial charge in [-0.3, -0.25) is 39.0 Å². The van der Waals surface area contributed by atoms with Gasteiger partial charge in [0.15, 0.2) is 0 Å². The summed E-state index contributed by atoms with van der Waals surface area (Å²) in [4.78, 5) is 79.0. The molecule has 4 aromatic rings. The molecule has 4 unspecified atom stereocenters. The Labute approximate surface area is 412 Å². The molecule has 368 valence electrons. The van der Waals surface area contributed by atoms with E-state index in [-0.39, 0.29) is 108 Å². The van der Waals surface area contributed by atoms with Crippen molar-refractivity contribution in [3.63, 3.8) is 0 Å². The average molecular weight is 1000 g/mol. The van der Waals surface area contributed by atoms with Crippen molar-refractivity contribution in [2.24, 2.45) is 5.41 Å². The number of carbonyl (C=O) groups excluding carboxylic acids is 6. The summed E-state index contributed by atoms with van der Waals surface area (Å²) in [5.41, 5.74) is -1.32. The van der Waals surface area contributed by atoms with E-state index in [0.29, 0.717) is 5.69 Å². The van der Waals surface area contributed by atoms with E-state index in [1.807, 2.05) is 20.8 Å². The Kier molecular flexibility index (Phi) is 15.9. The highest BCUT2D eigenvalue weighted by Gasteiger charge is 2.61. The number of methoxy groups -OCH3 is 1. The van der Waals surface area contributed by atoms with E-state index in [1.165, 1.54) is 61.7 Å². The number of nitrogens with one attached hydrogen (secondary N) is 5. The lowest BCUT2D eigenvalue weighted by atomic mass is 9.62. The standard InChI is InChI=1S/C50H51Cl2F2N7O9/c1-49(2,3)25-38-50(26-55,31-13-12-28(51)24-33(31)53)41(30-8-5-9-32(52)42(30)54)43(59-38)46(65)58-34-14-11-27(23-37(34)68-4)44(63)57-18-20-70-22-21-69-19-17-56-35-10-6-7-29-40(35)48(67)61(47(29)66)36-15-16-39(62)60-45(36)64/h5-14,23-24,36,38,41,43,56,59H,15-22,25H2,1-4H3,(H,57,63)(H,58,65)(H,60,62,64)/t36?,38-,41?,43?,50?/m0/s1. The number of imide groups is 2. The third-order valence-corrected chi connectivity index (χ3v) is 12.9. The molecule has 2 fully saturated rings. The first-order chi connectivity index (χ1) is 33.4. The van der Waals surface area contributed by atoms with Crippen LogP contribution in [-0.4, -0.2) is 105 Å². The third kappa shape index (κ3) is 10.6. The van der Waals surface area contributed by atoms with Crippen LogP contribution in [0.2, 0.25) is 10.0 Å². The maximum absolute atomic E-state index is 16.1. The minimum Gasteiger partial charge on any atom is -0.495 e. The number of hydrogen-bond donors (Lipinski definition) is 5. The van der Waals surface area contributed by atoms with Gasteiger partial charge in [0.1, 0.15) is 28.8 Å². The zero-order chi connectivity index (χ0) is 50.5. The Bertz CT molecular complexity index is 2770. The van der Waals surface area contributed by atoms with Crippen LogP contribution in [0.4, 0.5) is 20.2 Å². The molecular formula is C50H51Cl2F2N7O9. The maximum atomic E-state index is 16.1. The van der Waals surface area contributed by atoms with Crippen LogP contribution in [0.25, 0.3) is 0 Å². The van der Waals surface area contributed by atoms with Crippen molar-refractivity contribution in [3.8, 4) is 11.8 Å². The van der Waals surface area contributed by atoms with Crippen LogP contribution in [0.3, 0.4) is 0 Å². The molecule has 16 nitrogen and oxygen atoms in total. The van der Waals surface area contributed by atoms with E-state index in [0.717, 1.165) is 11.0 Å². The highest BCUT2D eigenvalue weighted by molar-refractivity contribution is 6.31. The number of hydrogen-bond acceptors (Lipinski definition) is 12. The molecule has 5 N–H and O–H groups in total. The molecule has 0 aliphatic carbocycles. The summed E-state index contributed by atoms with van der Waals surface area (Å²) in [6.45, 7) is 7.02. The molecule has 2 saturated heterocycles. The number of amides is 6. The zero-order valence-electron chi connectivity index (χ0n) is 38.7. The summed E-state index contributed by atoms with van der Waals surface area (Å²) in [5, 5.41) is 25.1. The summed E-state index contributed by atoms with van der Waals surface area (Å²) >= 11 is 12.4. The maximum Gasteiger partial charge on any atom is 0.264 e. The van der Waals surface area contributed by atoms with Crippen molar-refractivity contribution >= 4 is 70.0 Å². The third-order valence-electron chi connectivity index (χ3n) is 12.4. The predicted octanol–water partition coefficient (Wildman–Crippen LogP) is 6.52. The first-order valence-corrected chi connectivity index (χ1v) is 23.2. The fraction of sp³-hybridized carbons (Fsp3) is 0.380. The Morgan fingerprint density at radius 1 is 0.914 bits per heavy atom. The average Bonchev–Trinajstić information content (AvgIpc) is 3.77. The van der Waals surface area contributed by atoms with Crippen LogP contribution in [0.5, 0.6) is 5.75 Å². The van der Waals surface area contributed by atoms with Gasteiger partial charge in [0.2, 0.25) is 17.7 Å². The Hall–Kier alpha value is -6.49. The van der Waals surface area contributed by atoms with Gasteiger partial charge in [-0.1, -0.05) is 68.2 Å². The van der Waals surface area contributed by atoms with Crippen molar-refractivity contribution in [1.29, 1.82) is 5.26 Å². The van der Waals surface area contributed by atoms with Gasteiger partial charge in [0.25, 0.3) is 17.7 Å². The number of fused-ring (bicyclic) bond motifs is 1. The normalized spacial score (nSPS) is 21.0. The quantitative estimate of drug-likeness (QED) is 0.0532. The smallest absolute Gasteiger partial charge is 0.264 e. The van der Waals surface area contributed by atoms with Gasteiger partial charge in [0.05, 0.1) is 67.5 Å². The van der Waals surface area contributed by atoms with Gasteiger partial charge in [-0.2, -0.15) is 5.26 Å². The number of anilines is 2. The molecule has 0 radical (unpaired) electrons. The Balaban J connectivity index is 0.921. The number of ether oxygens (including phenoxy) is 3. The van der Waals surface area contributed by atoms with E-state index < -0.39 is 82.0 Å².